The number of alkyl halides is 6. The number of halogens is 6. The third kappa shape index (κ3) is 4.47. The molecule has 0 saturated carbocycles. The van der Waals surface area contributed by atoms with Gasteiger partial charge in [-0.05, 0) is 24.3 Å². The van der Waals surface area contributed by atoms with Gasteiger partial charge in [0.2, 0.25) is 5.82 Å². The number of benzene rings is 1. The van der Waals surface area contributed by atoms with Gasteiger partial charge in [0.05, 0.1) is 16.7 Å². The number of hydrogen-bond acceptors (Lipinski definition) is 5. The van der Waals surface area contributed by atoms with E-state index < -0.39 is 38.7 Å². The summed E-state index contributed by atoms with van der Waals surface area (Å²) in [6.07, 6.45) is -7.55. The van der Waals surface area contributed by atoms with Crippen molar-refractivity contribution < 1.29 is 34.8 Å². The van der Waals surface area contributed by atoms with E-state index in [2.05, 4.69) is 15.1 Å². The average molecular weight is 437 g/mol. The number of anilines is 1. The van der Waals surface area contributed by atoms with E-state index in [1.54, 1.807) is 0 Å². The lowest BCUT2D eigenvalue weighted by molar-refractivity contribution is -0.145. The van der Waals surface area contributed by atoms with Crippen LogP contribution in [0.4, 0.5) is 32.2 Å². The fraction of sp³-hybridized carbons (Fsp3) is 0.133. The van der Waals surface area contributed by atoms with E-state index >= 15 is 0 Å². The number of nitrogens with zero attached hydrogens (tertiary/aromatic N) is 4. The van der Waals surface area contributed by atoms with Crippen molar-refractivity contribution in [3.05, 3.63) is 60.2 Å². The summed E-state index contributed by atoms with van der Waals surface area (Å²) in [7, 11) is -4.36. The SMILES string of the molecule is O=S(=O)(Nc1ccnn1-c1ccnc(C(F)(F)F)n1)c1ccc(C(F)(F)F)cc1. The molecule has 1 N–H and O–H groups in total. The fourth-order valence-electron chi connectivity index (χ4n) is 2.19. The Kier molecular flexibility index (Phi) is 4.98. The molecule has 3 rings (SSSR count). The van der Waals surface area contributed by atoms with Gasteiger partial charge in [-0.15, -0.1) is 0 Å². The first kappa shape index (κ1) is 20.6. The second kappa shape index (κ2) is 7.02. The molecule has 2 aromatic heterocycles. The van der Waals surface area contributed by atoms with Crippen molar-refractivity contribution in [3.8, 4) is 5.82 Å². The fourth-order valence-corrected chi connectivity index (χ4v) is 3.23. The van der Waals surface area contributed by atoms with E-state index in [0.29, 0.717) is 12.1 Å². The molecule has 0 bridgehead atoms. The van der Waals surface area contributed by atoms with Crippen LogP contribution >= 0.6 is 0 Å². The van der Waals surface area contributed by atoms with Crippen LogP contribution in [0, 0.1) is 0 Å². The normalized spacial score (nSPS) is 12.8. The largest absolute Gasteiger partial charge is 0.451 e. The first-order valence-electron chi connectivity index (χ1n) is 7.53. The summed E-state index contributed by atoms with van der Waals surface area (Å²) < 4.78 is 104. The van der Waals surface area contributed by atoms with Crippen LogP contribution in [0.1, 0.15) is 11.4 Å². The average Bonchev–Trinajstić information content (AvgIpc) is 3.08. The van der Waals surface area contributed by atoms with Crippen molar-refractivity contribution in [2.75, 3.05) is 4.72 Å². The van der Waals surface area contributed by atoms with Gasteiger partial charge in [-0.2, -0.15) is 36.1 Å². The molecule has 0 unspecified atom stereocenters. The first-order chi connectivity index (χ1) is 13.4. The Hall–Kier alpha value is -3.16. The van der Waals surface area contributed by atoms with E-state index in [4.69, 9.17) is 0 Å². The van der Waals surface area contributed by atoms with Gasteiger partial charge in [0, 0.05) is 18.3 Å². The minimum atomic E-state index is -4.83. The topological polar surface area (TPSA) is 89.8 Å². The molecule has 0 radical (unpaired) electrons. The number of hydrogen-bond donors (Lipinski definition) is 1. The van der Waals surface area contributed by atoms with Gasteiger partial charge in [0.25, 0.3) is 10.0 Å². The summed E-state index contributed by atoms with van der Waals surface area (Å²) in [6.45, 7) is 0. The third-order valence-electron chi connectivity index (χ3n) is 3.49. The maximum absolute atomic E-state index is 12.8. The van der Waals surface area contributed by atoms with Crippen molar-refractivity contribution in [1.82, 2.24) is 19.7 Å². The van der Waals surface area contributed by atoms with Crippen molar-refractivity contribution in [2.45, 2.75) is 17.2 Å². The standard InChI is InChI=1S/C15H9F6N5O2S/c16-14(17,18)9-1-3-10(4-2-9)29(27,28)25-12-6-8-23-26(12)11-5-7-22-13(24-11)15(19,20)21/h1-8,25H. The van der Waals surface area contributed by atoms with Gasteiger partial charge >= 0.3 is 12.4 Å². The van der Waals surface area contributed by atoms with Crippen LogP contribution in [-0.2, 0) is 22.4 Å². The molecule has 0 fully saturated rings. The lowest BCUT2D eigenvalue weighted by Crippen LogP contribution is -2.18. The van der Waals surface area contributed by atoms with Gasteiger partial charge in [0.1, 0.15) is 5.82 Å². The van der Waals surface area contributed by atoms with Gasteiger partial charge in [-0.1, -0.05) is 0 Å². The van der Waals surface area contributed by atoms with E-state index in [9.17, 15) is 34.8 Å². The van der Waals surface area contributed by atoms with Gasteiger partial charge in [-0.25, -0.2) is 18.4 Å². The van der Waals surface area contributed by atoms with E-state index in [0.717, 1.165) is 41.3 Å². The van der Waals surface area contributed by atoms with Gasteiger partial charge in [0.15, 0.2) is 5.82 Å². The molecule has 0 spiro atoms. The summed E-state index contributed by atoms with van der Waals surface area (Å²) in [5.74, 6) is -2.11. The van der Waals surface area contributed by atoms with Crippen molar-refractivity contribution in [3.63, 3.8) is 0 Å². The molecule has 29 heavy (non-hydrogen) atoms. The predicted molar refractivity (Wildman–Crippen MR) is 86.4 cm³/mol. The molecule has 0 amide bonds. The van der Waals surface area contributed by atoms with Crippen LogP contribution in [0.2, 0.25) is 0 Å². The number of sulfonamides is 1. The summed E-state index contributed by atoms with van der Waals surface area (Å²) in [5.41, 5.74) is -1.04. The zero-order valence-electron chi connectivity index (χ0n) is 13.9. The Balaban J connectivity index is 1.92. The molecular weight excluding hydrogens is 428 g/mol. The highest BCUT2D eigenvalue weighted by Gasteiger charge is 2.35. The van der Waals surface area contributed by atoms with Crippen LogP contribution in [-0.4, -0.2) is 28.2 Å². The van der Waals surface area contributed by atoms with Crippen molar-refractivity contribution >= 4 is 15.8 Å². The van der Waals surface area contributed by atoms with Crippen molar-refractivity contribution in [1.29, 1.82) is 0 Å². The quantitative estimate of drug-likeness (QED) is 0.631. The second-order valence-electron chi connectivity index (χ2n) is 5.49. The minimum Gasteiger partial charge on any atom is -0.263 e. The second-order valence-corrected chi connectivity index (χ2v) is 7.17. The van der Waals surface area contributed by atoms with Crippen LogP contribution in [0.5, 0.6) is 0 Å². The third-order valence-corrected chi connectivity index (χ3v) is 4.86. The highest BCUT2D eigenvalue weighted by molar-refractivity contribution is 7.92. The maximum Gasteiger partial charge on any atom is 0.451 e. The molecule has 3 aromatic rings. The molecule has 14 heteroatoms. The Morgan fingerprint density at radius 2 is 1.52 bits per heavy atom. The molecule has 7 nitrogen and oxygen atoms in total. The molecule has 0 aliphatic carbocycles. The molecular formula is C15H9F6N5O2S. The van der Waals surface area contributed by atoms with Crippen LogP contribution < -0.4 is 4.72 Å². The predicted octanol–water partition coefficient (Wildman–Crippen LogP) is 3.50. The van der Waals surface area contributed by atoms with Gasteiger partial charge < -0.3 is 0 Å². The number of aromatic nitrogens is 4. The Morgan fingerprint density at radius 3 is 2.10 bits per heavy atom. The summed E-state index contributed by atoms with van der Waals surface area (Å²) in [5, 5.41) is 3.72. The molecule has 0 aliphatic heterocycles. The summed E-state index contributed by atoms with van der Waals surface area (Å²) in [4.78, 5) is 5.90. The number of nitrogens with one attached hydrogen (secondary N) is 1. The Morgan fingerprint density at radius 1 is 0.862 bits per heavy atom. The smallest absolute Gasteiger partial charge is 0.263 e. The highest BCUT2D eigenvalue weighted by atomic mass is 32.2. The lowest BCUT2D eigenvalue weighted by Gasteiger charge is -2.12. The molecule has 0 atom stereocenters. The minimum absolute atomic E-state index is 0.281. The van der Waals surface area contributed by atoms with Crippen LogP contribution in [0.3, 0.4) is 0 Å². The van der Waals surface area contributed by atoms with Gasteiger partial charge in [-0.3, -0.25) is 4.72 Å². The Bertz CT molecular complexity index is 1120. The van der Waals surface area contributed by atoms with Crippen LogP contribution in [0.25, 0.3) is 5.82 Å². The zero-order chi connectivity index (χ0) is 21.4. The van der Waals surface area contributed by atoms with E-state index in [1.807, 2.05) is 4.72 Å². The summed E-state index contributed by atoms with van der Waals surface area (Å²) >= 11 is 0. The monoisotopic (exact) mass is 437 g/mol. The van der Waals surface area contributed by atoms with Crippen molar-refractivity contribution in [2.24, 2.45) is 0 Å². The maximum atomic E-state index is 12.8. The van der Waals surface area contributed by atoms with E-state index in [1.165, 1.54) is 0 Å². The molecule has 0 aliphatic rings. The highest BCUT2D eigenvalue weighted by Crippen LogP contribution is 2.30. The molecule has 1 aromatic carbocycles. The lowest BCUT2D eigenvalue weighted by atomic mass is 10.2. The first-order valence-corrected chi connectivity index (χ1v) is 9.01. The molecule has 0 saturated heterocycles. The molecule has 154 valence electrons. The number of rotatable bonds is 4. The zero-order valence-corrected chi connectivity index (χ0v) is 14.7. The summed E-state index contributed by atoms with van der Waals surface area (Å²) in [6, 6.07) is 4.88. The van der Waals surface area contributed by atoms with E-state index in [-0.39, 0.29) is 11.6 Å². The Labute approximate surface area is 159 Å². The molecule has 2 heterocycles. The van der Waals surface area contributed by atoms with Crippen LogP contribution in [0.15, 0.2) is 53.7 Å².